The van der Waals surface area contributed by atoms with Gasteiger partial charge in [-0.05, 0) is 31.2 Å². The van der Waals surface area contributed by atoms with Crippen LogP contribution in [-0.4, -0.2) is 35.0 Å². The Balaban J connectivity index is 1.88. The van der Waals surface area contributed by atoms with Gasteiger partial charge in [0.1, 0.15) is 6.04 Å². The Kier molecular flexibility index (Phi) is 4.95. The van der Waals surface area contributed by atoms with Crippen LogP contribution in [0.2, 0.25) is 0 Å². The standard InChI is InChI=1S/C14H18N2O4S/c1-8(15-13(18)11-6-3-7-21-11)12(17)16-10-5-2-4-9(10)14(19)20/h3,6-10H,2,4-5H2,1H3,(H,15,18)(H,16,17)(H,19,20)/t8?,9-,10+/m0/s1. The average Bonchev–Trinajstić information content (AvgIpc) is 3.09. The summed E-state index contributed by atoms with van der Waals surface area (Å²) in [7, 11) is 0. The van der Waals surface area contributed by atoms with Crippen molar-refractivity contribution >= 4 is 29.1 Å². The van der Waals surface area contributed by atoms with Crippen LogP contribution < -0.4 is 10.6 Å². The number of aliphatic carboxylic acids is 1. The van der Waals surface area contributed by atoms with E-state index in [1.165, 1.54) is 11.3 Å². The van der Waals surface area contributed by atoms with Crippen molar-refractivity contribution < 1.29 is 19.5 Å². The fraction of sp³-hybridized carbons (Fsp3) is 0.500. The SMILES string of the molecule is CC(NC(=O)c1cccs1)C(=O)N[C@@H]1CCC[C@@H]1C(=O)O. The molecule has 114 valence electrons. The zero-order chi connectivity index (χ0) is 15.4. The Morgan fingerprint density at radius 1 is 1.38 bits per heavy atom. The maximum absolute atomic E-state index is 12.1. The molecule has 2 rings (SSSR count). The number of nitrogens with one attached hydrogen (secondary N) is 2. The molecule has 1 unspecified atom stereocenters. The van der Waals surface area contributed by atoms with Crippen LogP contribution >= 0.6 is 11.3 Å². The van der Waals surface area contributed by atoms with Gasteiger partial charge in [0, 0.05) is 6.04 Å². The number of hydrogen-bond acceptors (Lipinski definition) is 4. The summed E-state index contributed by atoms with van der Waals surface area (Å²) in [6.07, 6.45) is 2.03. The van der Waals surface area contributed by atoms with Gasteiger partial charge in [0.25, 0.3) is 5.91 Å². The highest BCUT2D eigenvalue weighted by Gasteiger charge is 2.34. The number of carboxylic acid groups (broad SMARTS) is 1. The molecular formula is C14H18N2O4S. The monoisotopic (exact) mass is 310 g/mol. The second kappa shape index (κ2) is 6.71. The topological polar surface area (TPSA) is 95.5 Å². The Morgan fingerprint density at radius 3 is 2.76 bits per heavy atom. The molecular weight excluding hydrogens is 292 g/mol. The Morgan fingerprint density at radius 2 is 2.14 bits per heavy atom. The van der Waals surface area contributed by atoms with Crippen LogP contribution in [0.15, 0.2) is 17.5 Å². The van der Waals surface area contributed by atoms with Crippen molar-refractivity contribution in [2.24, 2.45) is 5.92 Å². The second-order valence-electron chi connectivity index (χ2n) is 5.16. The summed E-state index contributed by atoms with van der Waals surface area (Å²) in [6, 6.07) is 2.40. The number of carbonyl (C=O) groups excluding carboxylic acids is 2. The molecule has 1 aliphatic carbocycles. The number of amides is 2. The minimum Gasteiger partial charge on any atom is -0.481 e. The third-order valence-electron chi connectivity index (χ3n) is 3.65. The Bertz CT molecular complexity index is 529. The molecule has 0 aromatic carbocycles. The highest BCUT2D eigenvalue weighted by atomic mass is 32.1. The molecule has 0 bridgehead atoms. The molecule has 1 aromatic heterocycles. The molecule has 2 amide bonds. The molecule has 1 heterocycles. The number of thiophene rings is 1. The van der Waals surface area contributed by atoms with Crippen LogP contribution in [0.1, 0.15) is 35.9 Å². The van der Waals surface area contributed by atoms with Crippen LogP contribution in [0.3, 0.4) is 0 Å². The summed E-state index contributed by atoms with van der Waals surface area (Å²) >= 11 is 1.30. The second-order valence-corrected chi connectivity index (χ2v) is 6.11. The highest BCUT2D eigenvalue weighted by molar-refractivity contribution is 7.12. The smallest absolute Gasteiger partial charge is 0.308 e. The van der Waals surface area contributed by atoms with Crippen LogP contribution in [0.4, 0.5) is 0 Å². The van der Waals surface area contributed by atoms with Crippen LogP contribution in [-0.2, 0) is 9.59 Å². The first-order chi connectivity index (χ1) is 9.99. The molecule has 1 fully saturated rings. The summed E-state index contributed by atoms with van der Waals surface area (Å²) in [4.78, 5) is 35.5. The van der Waals surface area contributed by atoms with Gasteiger partial charge in [-0.15, -0.1) is 11.3 Å². The van der Waals surface area contributed by atoms with E-state index in [1.807, 2.05) is 0 Å². The maximum atomic E-state index is 12.1. The van der Waals surface area contributed by atoms with Crippen molar-refractivity contribution in [2.75, 3.05) is 0 Å². The Hall–Kier alpha value is -1.89. The molecule has 3 N–H and O–H groups in total. The summed E-state index contributed by atoms with van der Waals surface area (Å²) in [5.74, 6) is -2.06. The number of hydrogen-bond donors (Lipinski definition) is 3. The van der Waals surface area contributed by atoms with E-state index in [0.29, 0.717) is 17.7 Å². The number of carboxylic acids is 1. The first-order valence-electron chi connectivity index (χ1n) is 6.86. The first kappa shape index (κ1) is 15.5. The lowest BCUT2D eigenvalue weighted by Gasteiger charge is -2.20. The van der Waals surface area contributed by atoms with Gasteiger partial charge in [-0.25, -0.2) is 0 Å². The van der Waals surface area contributed by atoms with E-state index in [2.05, 4.69) is 10.6 Å². The fourth-order valence-electron chi connectivity index (χ4n) is 2.48. The minimum absolute atomic E-state index is 0.297. The maximum Gasteiger partial charge on any atom is 0.308 e. The molecule has 0 spiro atoms. The van der Waals surface area contributed by atoms with Gasteiger partial charge in [-0.1, -0.05) is 12.5 Å². The zero-order valence-corrected chi connectivity index (χ0v) is 12.5. The van der Waals surface area contributed by atoms with Crippen molar-refractivity contribution in [2.45, 2.75) is 38.3 Å². The van der Waals surface area contributed by atoms with E-state index in [9.17, 15) is 14.4 Å². The van der Waals surface area contributed by atoms with Crippen LogP contribution in [0.25, 0.3) is 0 Å². The zero-order valence-electron chi connectivity index (χ0n) is 11.7. The normalized spacial score (nSPS) is 22.5. The molecule has 1 aliphatic rings. The molecule has 0 saturated heterocycles. The van der Waals surface area contributed by atoms with Crippen molar-refractivity contribution in [1.29, 1.82) is 0 Å². The third kappa shape index (κ3) is 3.81. The molecule has 3 atom stereocenters. The molecule has 1 aromatic rings. The Labute approximate surface area is 126 Å². The average molecular weight is 310 g/mol. The molecule has 1 saturated carbocycles. The van der Waals surface area contributed by atoms with Gasteiger partial charge in [-0.3, -0.25) is 14.4 Å². The lowest BCUT2D eigenvalue weighted by atomic mass is 10.0. The van der Waals surface area contributed by atoms with Crippen molar-refractivity contribution in [3.8, 4) is 0 Å². The predicted octanol–water partition coefficient (Wildman–Crippen LogP) is 1.24. The first-order valence-corrected chi connectivity index (χ1v) is 7.74. The molecule has 6 nitrogen and oxygen atoms in total. The summed E-state index contributed by atoms with van der Waals surface area (Å²) in [5.41, 5.74) is 0. The van der Waals surface area contributed by atoms with E-state index in [4.69, 9.17) is 5.11 Å². The van der Waals surface area contributed by atoms with E-state index in [-0.39, 0.29) is 17.9 Å². The summed E-state index contributed by atoms with van der Waals surface area (Å²) < 4.78 is 0. The van der Waals surface area contributed by atoms with Crippen LogP contribution in [0.5, 0.6) is 0 Å². The predicted molar refractivity (Wildman–Crippen MR) is 78.2 cm³/mol. The molecule has 7 heteroatoms. The quantitative estimate of drug-likeness (QED) is 0.762. The lowest BCUT2D eigenvalue weighted by molar-refractivity contribution is -0.142. The van der Waals surface area contributed by atoms with Gasteiger partial charge < -0.3 is 15.7 Å². The van der Waals surface area contributed by atoms with Crippen molar-refractivity contribution in [3.63, 3.8) is 0 Å². The van der Waals surface area contributed by atoms with E-state index < -0.39 is 17.9 Å². The van der Waals surface area contributed by atoms with Gasteiger partial charge in [0.05, 0.1) is 10.8 Å². The highest BCUT2D eigenvalue weighted by Crippen LogP contribution is 2.25. The summed E-state index contributed by atoms with van der Waals surface area (Å²) in [5, 5.41) is 16.2. The molecule has 0 radical (unpaired) electrons. The summed E-state index contributed by atoms with van der Waals surface area (Å²) in [6.45, 7) is 1.59. The van der Waals surface area contributed by atoms with E-state index >= 15 is 0 Å². The van der Waals surface area contributed by atoms with Gasteiger partial charge >= 0.3 is 5.97 Å². The largest absolute Gasteiger partial charge is 0.481 e. The lowest BCUT2D eigenvalue weighted by Crippen LogP contribution is -2.49. The molecule has 21 heavy (non-hydrogen) atoms. The van der Waals surface area contributed by atoms with Crippen molar-refractivity contribution in [1.82, 2.24) is 10.6 Å². The number of rotatable bonds is 5. The van der Waals surface area contributed by atoms with Gasteiger partial charge in [0.2, 0.25) is 5.91 Å². The third-order valence-corrected chi connectivity index (χ3v) is 4.52. The molecule has 0 aliphatic heterocycles. The van der Waals surface area contributed by atoms with Gasteiger partial charge in [0.15, 0.2) is 0 Å². The van der Waals surface area contributed by atoms with E-state index in [1.54, 1.807) is 24.4 Å². The van der Waals surface area contributed by atoms with Crippen LogP contribution in [0, 0.1) is 5.92 Å². The van der Waals surface area contributed by atoms with Crippen molar-refractivity contribution in [3.05, 3.63) is 22.4 Å². The minimum atomic E-state index is -0.881. The van der Waals surface area contributed by atoms with Gasteiger partial charge in [-0.2, -0.15) is 0 Å². The fourth-order valence-corrected chi connectivity index (χ4v) is 3.10. The van der Waals surface area contributed by atoms with E-state index in [0.717, 1.165) is 6.42 Å². The number of carbonyl (C=O) groups is 3.